The van der Waals surface area contributed by atoms with Gasteiger partial charge in [0.2, 0.25) is 17.6 Å². The fraction of sp³-hybridized carbons (Fsp3) is 0.300. The van der Waals surface area contributed by atoms with E-state index in [9.17, 15) is 9.59 Å². The average molecular weight is 540 g/mol. The Kier molecular flexibility index (Phi) is 7.61. The van der Waals surface area contributed by atoms with Gasteiger partial charge in [-0.1, -0.05) is 48.5 Å². The van der Waals surface area contributed by atoms with Crippen molar-refractivity contribution in [3.8, 4) is 28.3 Å². The summed E-state index contributed by atoms with van der Waals surface area (Å²) in [5.41, 5.74) is 11.0. The number of carbonyl (C=O) groups is 2. The van der Waals surface area contributed by atoms with Crippen LogP contribution in [0.2, 0.25) is 0 Å². The topological polar surface area (TPSA) is 139 Å². The summed E-state index contributed by atoms with van der Waals surface area (Å²) in [5, 5.41) is 17.4. The van der Waals surface area contributed by atoms with Crippen LogP contribution in [-0.2, 0) is 22.6 Å². The molecule has 206 valence electrons. The molecule has 0 aliphatic carbocycles. The van der Waals surface area contributed by atoms with Crippen molar-refractivity contribution < 1.29 is 14.3 Å². The number of aromatic nitrogens is 4. The van der Waals surface area contributed by atoms with Crippen LogP contribution in [0.1, 0.15) is 37.8 Å². The van der Waals surface area contributed by atoms with E-state index in [4.69, 9.17) is 10.5 Å². The lowest BCUT2D eigenvalue weighted by Gasteiger charge is -2.27. The predicted octanol–water partition coefficient (Wildman–Crippen LogP) is 3.63. The number of hydrogen-bond acceptors (Lipinski definition) is 7. The zero-order valence-corrected chi connectivity index (χ0v) is 22.8. The molecule has 5 rings (SSSR count). The van der Waals surface area contributed by atoms with E-state index in [0.717, 1.165) is 39.3 Å². The molecule has 0 fully saturated rings. The van der Waals surface area contributed by atoms with Gasteiger partial charge in [-0.05, 0) is 72.4 Å². The first-order valence-corrected chi connectivity index (χ1v) is 13.2. The van der Waals surface area contributed by atoms with Crippen molar-refractivity contribution in [1.82, 2.24) is 25.9 Å². The molecule has 0 saturated carbocycles. The molecule has 1 aliphatic heterocycles. The van der Waals surface area contributed by atoms with Gasteiger partial charge in [-0.2, -0.15) is 5.21 Å². The SMILES string of the molecule is COc1ccc2c(c1)CCC(NC(=O)CC(C)(C)N)C(=O)N2Cc1ccc(-c2ccccc2-c2nn[nH]n2)cc1. The molecular weight excluding hydrogens is 506 g/mol. The third kappa shape index (κ3) is 6.02. The molecule has 2 heterocycles. The molecule has 2 amide bonds. The molecule has 4 N–H and O–H groups in total. The number of aryl methyl sites for hydroxylation is 1. The van der Waals surface area contributed by atoms with Crippen LogP contribution in [0.5, 0.6) is 5.75 Å². The van der Waals surface area contributed by atoms with Gasteiger partial charge in [-0.25, -0.2) is 0 Å². The first-order valence-electron chi connectivity index (χ1n) is 13.2. The molecule has 10 nitrogen and oxygen atoms in total. The van der Waals surface area contributed by atoms with E-state index in [2.05, 4.69) is 25.9 Å². The highest BCUT2D eigenvalue weighted by Crippen LogP contribution is 2.33. The highest BCUT2D eigenvalue weighted by molar-refractivity contribution is 6.00. The number of benzene rings is 3. The number of ether oxygens (including phenoxy) is 1. The van der Waals surface area contributed by atoms with Crippen LogP contribution < -0.4 is 20.7 Å². The Bertz CT molecular complexity index is 1490. The van der Waals surface area contributed by atoms with Gasteiger partial charge in [0.05, 0.1) is 13.7 Å². The summed E-state index contributed by atoms with van der Waals surface area (Å²) in [6.07, 6.45) is 1.24. The second-order valence-electron chi connectivity index (χ2n) is 10.7. The number of nitrogens with one attached hydrogen (secondary N) is 2. The van der Waals surface area contributed by atoms with Crippen molar-refractivity contribution in [1.29, 1.82) is 0 Å². The summed E-state index contributed by atoms with van der Waals surface area (Å²) in [6, 6.07) is 21.0. The van der Waals surface area contributed by atoms with Gasteiger partial charge in [0.1, 0.15) is 11.8 Å². The fourth-order valence-electron chi connectivity index (χ4n) is 5.02. The Morgan fingerprint density at radius 2 is 1.88 bits per heavy atom. The number of H-pyrrole nitrogens is 1. The maximum atomic E-state index is 13.9. The second kappa shape index (κ2) is 11.3. The number of tetrazole rings is 1. The zero-order valence-electron chi connectivity index (χ0n) is 22.8. The van der Waals surface area contributed by atoms with Crippen molar-refractivity contribution >= 4 is 17.5 Å². The molecule has 1 aliphatic rings. The summed E-state index contributed by atoms with van der Waals surface area (Å²) >= 11 is 0. The van der Waals surface area contributed by atoms with Gasteiger partial charge in [-0.3, -0.25) is 9.59 Å². The Morgan fingerprint density at radius 3 is 2.55 bits per heavy atom. The van der Waals surface area contributed by atoms with Crippen molar-refractivity contribution in [2.75, 3.05) is 12.0 Å². The van der Waals surface area contributed by atoms with Gasteiger partial charge in [-0.15, -0.1) is 10.2 Å². The van der Waals surface area contributed by atoms with Gasteiger partial charge in [0.25, 0.3) is 0 Å². The van der Waals surface area contributed by atoms with Gasteiger partial charge in [0.15, 0.2) is 0 Å². The van der Waals surface area contributed by atoms with Gasteiger partial charge in [0, 0.05) is 23.2 Å². The van der Waals surface area contributed by atoms with E-state index in [1.54, 1.807) is 25.9 Å². The van der Waals surface area contributed by atoms with Crippen LogP contribution in [0.3, 0.4) is 0 Å². The number of anilines is 1. The molecule has 10 heteroatoms. The minimum absolute atomic E-state index is 0.129. The highest BCUT2D eigenvalue weighted by Gasteiger charge is 2.32. The molecule has 1 atom stereocenters. The lowest BCUT2D eigenvalue weighted by molar-refractivity contribution is -0.128. The summed E-state index contributed by atoms with van der Waals surface area (Å²) < 4.78 is 5.44. The number of rotatable bonds is 8. The summed E-state index contributed by atoms with van der Waals surface area (Å²) in [4.78, 5) is 28.3. The van der Waals surface area contributed by atoms with Crippen molar-refractivity contribution in [3.63, 3.8) is 0 Å². The lowest BCUT2D eigenvalue weighted by Crippen LogP contribution is -2.49. The van der Waals surface area contributed by atoms with Crippen LogP contribution in [0, 0.1) is 0 Å². The second-order valence-corrected chi connectivity index (χ2v) is 10.7. The number of carbonyl (C=O) groups excluding carboxylic acids is 2. The third-order valence-corrected chi connectivity index (χ3v) is 6.91. The largest absolute Gasteiger partial charge is 0.497 e. The molecule has 1 unspecified atom stereocenters. The summed E-state index contributed by atoms with van der Waals surface area (Å²) in [6.45, 7) is 3.93. The highest BCUT2D eigenvalue weighted by atomic mass is 16.5. The molecule has 1 aromatic heterocycles. The van der Waals surface area contributed by atoms with E-state index in [0.29, 0.717) is 25.2 Å². The molecule has 0 spiro atoms. The molecule has 3 aromatic carbocycles. The number of aromatic amines is 1. The third-order valence-electron chi connectivity index (χ3n) is 6.91. The van der Waals surface area contributed by atoms with Crippen LogP contribution in [0.15, 0.2) is 66.7 Å². The van der Waals surface area contributed by atoms with E-state index < -0.39 is 11.6 Å². The minimum atomic E-state index is -0.669. The maximum Gasteiger partial charge on any atom is 0.249 e. The van der Waals surface area contributed by atoms with E-state index >= 15 is 0 Å². The Hall–Kier alpha value is -4.57. The average Bonchev–Trinajstić information content (AvgIpc) is 3.44. The Morgan fingerprint density at radius 1 is 1.12 bits per heavy atom. The summed E-state index contributed by atoms with van der Waals surface area (Å²) in [5.74, 6) is 0.855. The number of nitrogens with two attached hydrogens (primary N) is 1. The summed E-state index contributed by atoms with van der Waals surface area (Å²) in [7, 11) is 1.62. The van der Waals surface area contributed by atoms with Crippen molar-refractivity contribution in [3.05, 3.63) is 77.9 Å². The van der Waals surface area contributed by atoms with Crippen LogP contribution in [0.4, 0.5) is 5.69 Å². The molecular formula is C30H33N7O3. The van der Waals surface area contributed by atoms with Gasteiger partial charge < -0.3 is 20.7 Å². The number of hydrogen-bond donors (Lipinski definition) is 3. The van der Waals surface area contributed by atoms with Crippen LogP contribution in [-0.4, -0.2) is 51.1 Å². The fourth-order valence-corrected chi connectivity index (χ4v) is 5.02. The number of amides is 2. The number of methoxy groups -OCH3 is 1. The Balaban J connectivity index is 1.43. The van der Waals surface area contributed by atoms with Crippen LogP contribution >= 0.6 is 0 Å². The minimum Gasteiger partial charge on any atom is -0.497 e. The maximum absolute atomic E-state index is 13.9. The van der Waals surface area contributed by atoms with Gasteiger partial charge >= 0.3 is 0 Å². The number of nitrogens with zero attached hydrogens (tertiary/aromatic N) is 4. The zero-order chi connectivity index (χ0) is 28.3. The van der Waals surface area contributed by atoms with E-state index in [1.165, 1.54) is 0 Å². The predicted molar refractivity (Wildman–Crippen MR) is 152 cm³/mol. The van der Waals surface area contributed by atoms with Crippen molar-refractivity contribution in [2.45, 2.75) is 51.2 Å². The molecule has 0 bridgehead atoms. The van der Waals surface area contributed by atoms with E-state index in [-0.39, 0.29) is 18.2 Å². The molecule has 4 aromatic rings. The standard InChI is InChI=1S/C30H33N7O3/c1-30(2,31)17-27(38)32-25-14-12-21-16-22(40-3)13-15-26(21)37(29(25)39)18-19-8-10-20(11-9-19)23-6-4-5-7-24(23)28-33-35-36-34-28/h4-11,13,15-16,25H,12,14,17-18,31H2,1-3H3,(H,32,38)(H,33,34,35,36). The smallest absolute Gasteiger partial charge is 0.249 e. The van der Waals surface area contributed by atoms with Crippen molar-refractivity contribution in [2.24, 2.45) is 5.73 Å². The molecule has 40 heavy (non-hydrogen) atoms. The molecule has 0 radical (unpaired) electrons. The first-order chi connectivity index (χ1) is 19.2. The Labute approximate surface area is 232 Å². The van der Waals surface area contributed by atoms with E-state index in [1.807, 2.05) is 66.7 Å². The first kappa shape index (κ1) is 27.0. The molecule has 0 saturated heterocycles. The lowest BCUT2D eigenvalue weighted by atomic mass is 9.98. The monoisotopic (exact) mass is 539 g/mol. The quantitative estimate of drug-likeness (QED) is 0.311. The number of fused-ring (bicyclic) bond motifs is 1. The van der Waals surface area contributed by atoms with Crippen LogP contribution in [0.25, 0.3) is 22.5 Å². The normalized spacial score (nSPS) is 15.3.